The number of carbonyl (C=O) groups is 1. The second-order valence-electron chi connectivity index (χ2n) is 4.89. The van der Waals surface area contributed by atoms with Gasteiger partial charge in [0.15, 0.2) is 0 Å². The Morgan fingerprint density at radius 2 is 2.24 bits per heavy atom. The molecular weight excluding hydrogens is 220 g/mol. The Bertz CT molecular complexity index is 353. The van der Waals surface area contributed by atoms with Crippen molar-refractivity contribution in [2.75, 3.05) is 18.8 Å². The molecule has 2 heterocycles. The highest BCUT2D eigenvalue weighted by Crippen LogP contribution is 2.11. The molecule has 1 aliphatic rings. The minimum atomic E-state index is -0.318. The first-order valence-corrected chi connectivity index (χ1v) is 5.54. The lowest BCUT2D eigenvalue weighted by Crippen LogP contribution is -2.43. The van der Waals surface area contributed by atoms with Gasteiger partial charge in [0.25, 0.3) is 6.47 Å². The van der Waals surface area contributed by atoms with Crippen LogP contribution in [0.3, 0.4) is 0 Å². The van der Waals surface area contributed by atoms with E-state index >= 15 is 0 Å². The van der Waals surface area contributed by atoms with Gasteiger partial charge >= 0.3 is 0 Å². The van der Waals surface area contributed by atoms with Crippen molar-refractivity contribution >= 4 is 12.2 Å². The number of aromatic nitrogens is 2. The Morgan fingerprint density at radius 1 is 1.59 bits per heavy atom. The minimum Gasteiger partial charge on any atom is -0.462 e. The zero-order valence-corrected chi connectivity index (χ0v) is 10.5. The van der Waals surface area contributed by atoms with Crippen molar-refractivity contribution in [2.45, 2.75) is 32.4 Å². The standard InChI is InChI=1S/C6H10N4.C5H10O2/c7-5-1-9-10(4-5)6-2-8-3-6;1-5(2,3)7-4-6/h1,4,6,8H,2-3,7H2;4H,1-3H3. The van der Waals surface area contributed by atoms with Crippen molar-refractivity contribution in [3.05, 3.63) is 12.4 Å². The van der Waals surface area contributed by atoms with Crippen LogP contribution >= 0.6 is 0 Å². The Hall–Kier alpha value is -1.56. The summed E-state index contributed by atoms with van der Waals surface area (Å²) in [4.78, 5) is 9.60. The smallest absolute Gasteiger partial charge is 0.293 e. The Kier molecular flexibility index (Phi) is 4.51. The van der Waals surface area contributed by atoms with E-state index < -0.39 is 0 Å². The second kappa shape index (κ2) is 5.67. The van der Waals surface area contributed by atoms with Crippen LogP contribution < -0.4 is 11.1 Å². The molecule has 0 spiro atoms. The van der Waals surface area contributed by atoms with E-state index in [0.29, 0.717) is 12.5 Å². The lowest BCUT2D eigenvalue weighted by molar-refractivity contribution is -0.138. The molecule has 6 heteroatoms. The van der Waals surface area contributed by atoms with Crippen LogP contribution in [0.15, 0.2) is 12.4 Å². The number of nitrogens with two attached hydrogens (primary N) is 1. The van der Waals surface area contributed by atoms with Crippen LogP contribution in [0.1, 0.15) is 26.8 Å². The van der Waals surface area contributed by atoms with E-state index in [4.69, 9.17) is 5.73 Å². The highest BCUT2D eigenvalue weighted by molar-refractivity contribution is 5.37. The zero-order chi connectivity index (χ0) is 12.9. The summed E-state index contributed by atoms with van der Waals surface area (Å²) in [7, 11) is 0. The number of carbonyl (C=O) groups excluding carboxylic acids is 1. The molecule has 1 aliphatic heterocycles. The van der Waals surface area contributed by atoms with Gasteiger partial charge in [-0.15, -0.1) is 0 Å². The predicted molar refractivity (Wildman–Crippen MR) is 65.4 cm³/mol. The van der Waals surface area contributed by atoms with E-state index in [-0.39, 0.29) is 5.60 Å². The van der Waals surface area contributed by atoms with Crippen LogP contribution in [0.5, 0.6) is 0 Å². The first kappa shape index (κ1) is 13.5. The van der Waals surface area contributed by atoms with Crippen molar-refractivity contribution in [3.8, 4) is 0 Å². The van der Waals surface area contributed by atoms with E-state index in [1.807, 2.05) is 31.6 Å². The summed E-state index contributed by atoms with van der Waals surface area (Å²) in [5, 5.41) is 7.26. The third kappa shape index (κ3) is 4.86. The summed E-state index contributed by atoms with van der Waals surface area (Å²) in [5.41, 5.74) is 5.92. The summed E-state index contributed by atoms with van der Waals surface area (Å²) >= 11 is 0. The van der Waals surface area contributed by atoms with Gasteiger partial charge in [-0.25, -0.2) is 0 Å². The van der Waals surface area contributed by atoms with Crippen LogP contribution in [-0.2, 0) is 9.53 Å². The fraction of sp³-hybridized carbons (Fsp3) is 0.636. The van der Waals surface area contributed by atoms with E-state index in [9.17, 15) is 4.79 Å². The first-order chi connectivity index (χ1) is 7.92. The van der Waals surface area contributed by atoms with E-state index in [1.165, 1.54) is 0 Å². The molecule has 3 N–H and O–H groups in total. The number of hydrogen-bond acceptors (Lipinski definition) is 5. The molecule has 17 heavy (non-hydrogen) atoms. The molecule has 96 valence electrons. The first-order valence-electron chi connectivity index (χ1n) is 5.54. The van der Waals surface area contributed by atoms with Gasteiger partial charge in [-0.05, 0) is 20.8 Å². The van der Waals surface area contributed by atoms with Crippen LogP contribution in [0.25, 0.3) is 0 Å². The number of rotatable bonds is 2. The molecule has 0 radical (unpaired) electrons. The highest BCUT2D eigenvalue weighted by atomic mass is 16.5. The molecule has 0 aliphatic carbocycles. The summed E-state index contributed by atoms with van der Waals surface area (Å²) in [5.74, 6) is 0. The zero-order valence-electron chi connectivity index (χ0n) is 10.5. The molecule has 6 nitrogen and oxygen atoms in total. The minimum absolute atomic E-state index is 0.318. The van der Waals surface area contributed by atoms with Crippen LogP contribution in [-0.4, -0.2) is 34.9 Å². The fourth-order valence-corrected chi connectivity index (χ4v) is 1.16. The average molecular weight is 240 g/mol. The maximum atomic E-state index is 9.60. The van der Waals surface area contributed by atoms with Gasteiger partial charge < -0.3 is 15.8 Å². The molecule has 0 aromatic carbocycles. The molecule has 0 atom stereocenters. The van der Waals surface area contributed by atoms with Crippen LogP contribution in [0.4, 0.5) is 5.69 Å². The number of nitrogens with one attached hydrogen (secondary N) is 1. The van der Waals surface area contributed by atoms with Gasteiger partial charge in [0.05, 0.1) is 17.9 Å². The van der Waals surface area contributed by atoms with E-state index in [2.05, 4.69) is 15.2 Å². The van der Waals surface area contributed by atoms with Gasteiger partial charge in [-0.1, -0.05) is 0 Å². The van der Waals surface area contributed by atoms with Crippen molar-refractivity contribution in [1.82, 2.24) is 15.1 Å². The number of nitrogens with zero attached hydrogens (tertiary/aromatic N) is 2. The normalized spacial score (nSPS) is 15.5. The number of anilines is 1. The summed E-state index contributed by atoms with van der Waals surface area (Å²) in [6, 6.07) is 0.525. The third-order valence-electron chi connectivity index (χ3n) is 2.16. The lowest BCUT2D eigenvalue weighted by atomic mass is 10.2. The van der Waals surface area contributed by atoms with Crippen molar-refractivity contribution < 1.29 is 9.53 Å². The fourth-order valence-electron chi connectivity index (χ4n) is 1.16. The molecule has 1 aromatic rings. The molecule has 0 amide bonds. The molecular formula is C11H20N4O2. The summed E-state index contributed by atoms with van der Waals surface area (Å²) in [6.45, 7) is 7.95. The van der Waals surface area contributed by atoms with Gasteiger partial charge in [-0.3, -0.25) is 9.48 Å². The molecule has 0 unspecified atom stereocenters. The van der Waals surface area contributed by atoms with Gasteiger partial charge in [0.2, 0.25) is 0 Å². The van der Waals surface area contributed by atoms with Crippen molar-refractivity contribution in [3.63, 3.8) is 0 Å². The SMILES string of the molecule is CC(C)(C)OC=O.Nc1cnn(C2CNC2)c1. The Labute approximate surface area is 101 Å². The molecule has 1 saturated heterocycles. The monoisotopic (exact) mass is 240 g/mol. The molecule has 2 rings (SSSR count). The largest absolute Gasteiger partial charge is 0.462 e. The topological polar surface area (TPSA) is 82.2 Å². The average Bonchev–Trinajstić information content (AvgIpc) is 2.47. The van der Waals surface area contributed by atoms with Crippen molar-refractivity contribution in [1.29, 1.82) is 0 Å². The molecule has 1 fully saturated rings. The summed E-state index contributed by atoms with van der Waals surface area (Å²) < 4.78 is 6.46. The summed E-state index contributed by atoms with van der Waals surface area (Å²) in [6.07, 6.45) is 3.55. The second-order valence-corrected chi connectivity index (χ2v) is 4.89. The van der Waals surface area contributed by atoms with Crippen LogP contribution in [0, 0.1) is 0 Å². The van der Waals surface area contributed by atoms with E-state index in [1.54, 1.807) is 6.20 Å². The van der Waals surface area contributed by atoms with Gasteiger partial charge in [0.1, 0.15) is 5.60 Å². The van der Waals surface area contributed by atoms with Gasteiger partial charge in [0, 0.05) is 19.3 Å². The lowest BCUT2D eigenvalue weighted by Gasteiger charge is -2.26. The molecule has 0 bridgehead atoms. The van der Waals surface area contributed by atoms with Crippen molar-refractivity contribution in [2.24, 2.45) is 0 Å². The van der Waals surface area contributed by atoms with Gasteiger partial charge in [-0.2, -0.15) is 5.10 Å². The van der Waals surface area contributed by atoms with E-state index in [0.717, 1.165) is 18.8 Å². The Balaban J connectivity index is 0.000000185. The maximum absolute atomic E-state index is 9.60. The molecule has 0 saturated carbocycles. The Morgan fingerprint density at radius 3 is 2.47 bits per heavy atom. The number of hydrogen-bond donors (Lipinski definition) is 2. The quantitative estimate of drug-likeness (QED) is 0.738. The maximum Gasteiger partial charge on any atom is 0.293 e. The van der Waals surface area contributed by atoms with Crippen LogP contribution in [0.2, 0.25) is 0 Å². The third-order valence-corrected chi connectivity index (χ3v) is 2.16. The number of nitrogen functional groups attached to an aromatic ring is 1. The number of ether oxygens (including phenoxy) is 1. The highest BCUT2D eigenvalue weighted by Gasteiger charge is 2.18. The molecule has 1 aromatic heterocycles. The predicted octanol–water partition coefficient (Wildman–Crippen LogP) is 0.567.